The van der Waals surface area contributed by atoms with Gasteiger partial charge in [-0.15, -0.1) is 0 Å². The molecule has 1 aliphatic rings. The molecule has 0 saturated heterocycles. The van der Waals surface area contributed by atoms with Crippen LogP contribution >= 0.6 is 0 Å². The largest absolute Gasteiger partial charge is 0.299 e. The van der Waals surface area contributed by atoms with Crippen molar-refractivity contribution in [1.29, 1.82) is 0 Å². The summed E-state index contributed by atoms with van der Waals surface area (Å²) < 4.78 is 0. The third kappa shape index (κ3) is 2.56. The first-order valence-electron chi connectivity index (χ1n) is 6.38. The van der Waals surface area contributed by atoms with Crippen molar-refractivity contribution in [1.82, 2.24) is 0 Å². The molecule has 1 heteroatoms. The molecular weight excluding hydrogens is 196 g/mol. The zero-order chi connectivity index (χ0) is 12.6. The molecule has 0 spiro atoms. The quantitative estimate of drug-likeness (QED) is 0.653. The summed E-state index contributed by atoms with van der Waals surface area (Å²) in [5.74, 6) is 1.65. The molecule has 0 aliphatic heterocycles. The number of carbonyl (C=O) groups is 1. The van der Waals surface area contributed by atoms with Gasteiger partial charge in [-0.2, -0.15) is 0 Å². The van der Waals surface area contributed by atoms with Crippen LogP contribution in [0, 0.1) is 22.7 Å². The molecule has 0 radical (unpaired) electrons. The Balaban J connectivity index is 2.76. The van der Waals surface area contributed by atoms with Gasteiger partial charge >= 0.3 is 0 Å². The first-order chi connectivity index (χ1) is 7.18. The molecular formula is C15H26O. The third-order valence-corrected chi connectivity index (χ3v) is 4.79. The molecule has 0 N–H and O–H groups in total. The second-order valence-corrected chi connectivity index (χ2v) is 6.54. The maximum absolute atomic E-state index is 11.4. The molecule has 0 heterocycles. The van der Waals surface area contributed by atoms with Crippen LogP contribution in [0.15, 0.2) is 12.2 Å². The van der Waals surface area contributed by atoms with E-state index in [0.717, 1.165) is 5.92 Å². The molecule has 2 atom stereocenters. The van der Waals surface area contributed by atoms with Gasteiger partial charge in [-0.3, -0.25) is 4.79 Å². The number of hydrogen-bond donors (Lipinski definition) is 0. The Morgan fingerprint density at radius 2 is 1.88 bits per heavy atom. The van der Waals surface area contributed by atoms with E-state index in [9.17, 15) is 4.79 Å². The number of allylic oxidation sites excluding steroid dienone is 2. The molecule has 1 aliphatic carbocycles. The second kappa shape index (κ2) is 4.35. The highest BCUT2D eigenvalue weighted by Gasteiger charge is 2.39. The molecule has 1 rings (SSSR count). The molecule has 2 unspecified atom stereocenters. The molecule has 0 bridgehead atoms. The van der Waals surface area contributed by atoms with Crippen LogP contribution in [0.5, 0.6) is 0 Å². The van der Waals surface area contributed by atoms with Crippen LogP contribution in [-0.4, -0.2) is 5.78 Å². The van der Waals surface area contributed by atoms with E-state index in [-0.39, 0.29) is 11.2 Å². The maximum Gasteiger partial charge on any atom is 0.139 e. The van der Waals surface area contributed by atoms with Crippen LogP contribution in [0.2, 0.25) is 0 Å². The lowest BCUT2D eigenvalue weighted by molar-refractivity contribution is -0.122. The van der Waals surface area contributed by atoms with E-state index in [1.165, 1.54) is 12.8 Å². The number of hydrogen-bond acceptors (Lipinski definition) is 1. The van der Waals surface area contributed by atoms with Gasteiger partial charge < -0.3 is 0 Å². The normalized spacial score (nSPS) is 29.9. The second-order valence-electron chi connectivity index (χ2n) is 6.54. The van der Waals surface area contributed by atoms with Gasteiger partial charge in [-0.1, -0.05) is 32.9 Å². The summed E-state index contributed by atoms with van der Waals surface area (Å²) in [6, 6.07) is 0. The Kier molecular flexibility index (Phi) is 3.66. The van der Waals surface area contributed by atoms with Crippen LogP contribution in [0.25, 0.3) is 0 Å². The Bertz CT molecular complexity index is 297. The fourth-order valence-electron chi connectivity index (χ4n) is 2.36. The van der Waals surface area contributed by atoms with Gasteiger partial charge in [0.15, 0.2) is 0 Å². The van der Waals surface area contributed by atoms with Crippen LogP contribution < -0.4 is 0 Å². The summed E-state index contributed by atoms with van der Waals surface area (Å²) in [6.45, 7) is 12.7. The standard InChI is InChI=1S/C15H26O/c1-11-7-8-13(15(11,5)6)9-10-14(3,4)12(2)16/h9-11,13H,7-8H2,1-6H3. The topological polar surface area (TPSA) is 17.1 Å². The van der Waals surface area contributed by atoms with Crippen LogP contribution in [0.4, 0.5) is 0 Å². The number of ketones is 1. The average molecular weight is 222 g/mol. The van der Waals surface area contributed by atoms with Crippen molar-refractivity contribution in [3.63, 3.8) is 0 Å². The van der Waals surface area contributed by atoms with Crippen LogP contribution in [-0.2, 0) is 4.79 Å². The molecule has 0 aromatic heterocycles. The molecule has 16 heavy (non-hydrogen) atoms. The molecule has 0 aromatic rings. The predicted octanol–water partition coefficient (Wildman–Crippen LogP) is 4.23. The Morgan fingerprint density at radius 1 is 1.31 bits per heavy atom. The minimum absolute atomic E-state index is 0.243. The van der Waals surface area contributed by atoms with E-state index in [4.69, 9.17) is 0 Å². The van der Waals surface area contributed by atoms with Crippen molar-refractivity contribution in [3.05, 3.63) is 12.2 Å². The van der Waals surface area contributed by atoms with Gasteiger partial charge in [0.05, 0.1) is 0 Å². The van der Waals surface area contributed by atoms with E-state index in [1.807, 2.05) is 13.8 Å². The molecule has 0 amide bonds. The first-order valence-corrected chi connectivity index (χ1v) is 6.38. The highest BCUT2D eigenvalue weighted by atomic mass is 16.1. The summed E-state index contributed by atoms with van der Waals surface area (Å²) in [7, 11) is 0. The Labute approximate surface area is 100 Å². The number of carbonyl (C=O) groups excluding carboxylic acids is 1. The lowest BCUT2D eigenvalue weighted by Gasteiger charge is -2.30. The van der Waals surface area contributed by atoms with E-state index < -0.39 is 0 Å². The van der Waals surface area contributed by atoms with E-state index in [2.05, 4.69) is 32.9 Å². The molecule has 0 aromatic carbocycles. The third-order valence-electron chi connectivity index (χ3n) is 4.79. The molecule has 1 fully saturated rings. The van der Waals surface area contributed by atoms with Gasteiger partial charge in [0.25, 0.3) is 0 Å². The fourth-order valence-corrected chi connectivity index (χ4v) is 2.36. The predicted molar refractivity (Wildman–Crippen MR) is 69.3 cm³/mol. The van der Waals surface area contributed by atoms with Crippen molar-refractivity contribution < 1.29 is 4.79 Å². The Hall–Kier alpha value is -0.590. The fraction of sp³-hybridized carbons (Fsp3) is 0.800. The lowest BCUT2D eigenvalue weighted by Crippen LogP contribution is -2.23. The van der Waals surface area contributed by atoms with Gasteiger partial charge in [0.2, 0.25) is 0 Å². The van der Waals surface area contributed by atoms with Crippen molar-refractivity contribution >= 4 is 5.78 Å². The summed E-state index contributed by atoms with van der Waals surface area (Å²) in [5, 5.41) is 0. The maximum atomic E-state index is 11.4. The monoisotopic (exact) mass is 222 g/mol. The van der Waals surface area contributed by atoms with Gasteiger partial charge in [0, 0.05) is 5.41 Å². The van der Waals surface area contributed by atoms with Gasteiger partial charge in [-0.25, -0.2) is 0 Å². The van der Waals surface area contributed by atoms with E-state index in [1.54, 1.807) is 6.92 Å². The van der Waals surface area contributed by atoms with Crippen molar-refractivity contribution in [2.24, 2.45) is 22.7 Å². The van der Waals surface area contributed by atoms with Crippen molar-refractivity contribution in [2.45, 2.75) is 54.4 Å². The minimum Gasteiger partial charge on any atom is -0.299 e. The van der Waals surface area contributed by atoms with Crippen molar-refractivity contribution in [2.75, 3.05) is 0 Å². The number of Topliss-reactive ketones (excluding diaryl/α,β-unsaturated/α-hetero) is 1. The molecule has 1 saturated carbocycles. The van der Waals surface area contributed by atoms with Gasteiger partial charge in [-0.05, 0) is 50.9 Å². The zero-order valence-corrected chi connectivity index (χ0v) is 11.6. The smallest absolute Gasteiger partial charge is 0.139 e. The highest BCUT2D eigenvalue weighted by Crippen LogP contribution is 2.48. The highest BCUT2D eigenvalue weighted by molar-refractivity contribution is 5.83. The first kappa shape index (κ1) is 13.5. The molecule has 92 valence electrons. The summed E-state index contributed by atoms with van der Waals surface area (Å²) in [6.07, 6.45) is 6.96. The van der Waals surface area contributed by atoms with Crippen molar-refractivity contribution in [3.8, 4) is 0 Å². The molecule has 1 nitrogen and oxygen atoms in total. The SMILES string of the molecule is CC(=O)C(C)(C)C=CC1CCC(C)C1(C)C. The average Bonchev–Trinajstić information content (AvgIpc) is 2.39. The van der Waals surface area contributed by atoms with E-state index in [0.29, 0.717) is 11.3 Å². The summed E-state index contributed by atoms with van der Waals surface area (Å²) in [5.41, 5.74) is 0.0747. The summed E-state index contributed by atoms with van der Waals surface area (Å²) >= 11 is 0. The van der Waals surface area contributed by atoms with Gasteiger partial charge in [0.1, 0.15) is 5.78 Å². The zero-order valence-electron chi connectivity index (χ0n) is 11.6. The number of rotatable bonds is 3. The van der Waals surface area contributed by atoms with E-state index >= 15 is 0 Å². The van der Waals surface area contributed by atoms with Crippen LogP contribution in [0.1, 0.15) is 54.4 Å². The summed E-state index contributed by atoms with van der Waals surface area (Å²) in [4.78, 5) is 11.4. The van der Waals surface area contributed by atoms with Crippen LogP contribution in [0.3, 0.4) is 0 Å². The lowest BCUT2D eigenvalue weighted by atomic mass is 9.75. The minimum atomic E-state index is -0.304. The Morgan fingerprint density at radius 3 is 2.25 bits per heavy atom.